The van der Waals surface area contributed by atoms with Gasteiger partial charge in [-0.3, -0.25) is 0 Å². The topological polar surface area (TPSA) is 41.9 Å². The molecule has 0 atom stereocenters. The first-order chi connectivity index (χ1) is 20.3. The minimum Gasteiger partial charge on any atom is -0.456 e. The lowest BCUT2D eigenvalue weighted by Crippen LogP contribution is -1.98. The summed E-state index contributed by atoms with van der Waals surface area (Å²) in [6.45, 7) is 0. The molecule has 0 N–H and O–H groups in total. The Labute approximate surface area is 238 Å². The van der Waals surface area contributed by atoms with Crippen LogP contribution in [0.1, 0.15) is 5.56 Å². The summed E-state index contributed by atoms with van der Waals surface area (Å²) in [5, 5.41) is 17.1. The summed E-state index contributed by atoms with van der Waals surface area (Å²) >= 11 is 1.83. The molecule has 9 aromatic rings. The Kier molecular flexibility index (Phi) is 4.55. The predicted molar refractivity (Wildman–Crippen MR) is 171 cm³/mol. The molecule has 0 fully saturated rings. The van der Waals surface area contributed by atoms with Crippen LogP contribution in [0.4, 0.5) is 0 Å². The maximum absolute atomic E-state index is 9.99. The van der Waals surface area contributed by atoms with Crippen LogP contribution in [0.2, 0.25) is 0 Å². The van der Waals surface area contributed by atoms with Gasteiger partial charge in [-0.1, -0.05) is 72.8 Å². The molecule has 9 rings (SSSR count). The van der Waals surface area contributed by atoms with Gasteiger partial charge in [-0.05, 0) is 54.1 Å². The van der Waals surface area contributed by atoms with Crippen molar-refractivity contribution in [3.05, 3.63) is 127 Å². The van der Waals surface area contributed by atoms with Crippen molar-refractivity contribution >= 4 is 75.3 Å². The molecule has 0 aliphatic carbocycles. The molecule has 0 radical (unpaired) electrons. The number of thiophene rings is 1. The van der Waals surface area contributed by atoms with Gasteiger partial charge in [-0.25, -0.2) is 0 Å². The van der Waals surface area contributed by atoms with Gasteiger partial charge in [0.1, 0.15) is 11.2 Å². The quantitative estimate of drug-likeness (QED) is 0.219. The van der Waals surface area contributed by atoms with Gasteiger partial charge in [0.05, 0.1) is 28.4 Å². The molecule has 6 aromatic carbocycles. The summed E-state index contributed by atoms with van der Waals surface area (Å²) in [4.78, 5) is 0. The smallest absolute Gasteiger partial charge is 0.135 e. The van der Waals surface area contributed by atoms with Crippen LogP contribution < -0.4 is 0 Å². The van der Waals surface area contributed by atoms with Crippen molar-refractivity contribution in [2.45, 2.75) is 0 Å². The molecule has 3 aromatic heterocycles. The highest BCUT2D eigenvalue weighted by Crippen LogP contribution is 2.44. The lowest BCUT2D eigenvalue weighted by Gasteiger charge is -2.15. The van der Waals surface area contributed by atoms with Crippen molar-refractivity contribution in [2.75, 3.05) is 0 Å². The SMILES string of the molecule is N#Cc1ccc(-c2ccc3oc4ccccc4c3c2)c(-n2c3ccccc3c3ccc4sc5ccccc5c4c32)c1. The zero-order valence-electron chi connectivity index (χ0n) is 21.8. The fourth-order valence-electron chi connectivity index (χ4n) is 6.44. The number of para-hydroxylation sites is 2. The van der Waals surface area contributed by atoms with E-state index < -0.39 is 0 Å². The van der Waals surface area contributed by atoms with Crippen LogP contribution >= 0.6 is 11.3 Å². The third-order valence-electron chi connectivity index (χ3n) is 8.23. The number of hydrogen-bond donors (Lipinski definition) is 0. The number of aromatic nitrogens is 1. The Morgan fingerprint density at radius 2 is 1.39 bits per heavy atom. The first kappa shape index (κ1) is 22.4. The van der Waals surface area contributed by atoms with Gasteiger partial charge in [0.25, 0.3) is 0 Å². The van der Waals surface area contributed by atoms with Crippen molar-refractivity contribution in [1.82, 2.24) is 4.57 Å². The van der Waals surface area contributed by atoms with Gasteiger partial charge in [0, 0.05) is 47.3 Å². The van der Waals surface area contributed by atoms with Gasteiger partial charge in [-0.2, -0.15) is 5.26 Å². The second kappa shape index (κ2) is 8.32. The molecular formula is C37H20N2OS. The minimum absolute atomic E-state index is 0.631. The Morgan fingerprint density at radius 3 is 2.29 bits per heavy atom. The van der Waals surface area contributed by atoms with Crippen LogP contribution in [0, 0.1) is 11.3 Å². The molecule has 190 valence electrons. The Balaban J connectivity index is 1.44. The summed E-state index contributed by atoms with van der Waals surface area (Å²) in [6, 6.07) is 44.7. The van der Waals surface area contributed by atoms with Crippen molar-refractivity contribution in [2.24, 2.45) is 0 Å². The second-order valence-electron chi connectivity index (χ2n) is 10.4. The fourth-order valence-corrected chi connectivity index (χ4v) is 7.55. The lowest BCUT2D eigenvalue weighted by atomic mass is 9.99. The minimum atomic E-state index is 0.631. The summed E-state index contributed by atoms with van der Waals surface area (Å²) in [5.74, 6) is 0. The molecule has 3 nitrogen and oxygen atoms in total. The summed E-state index contributed by atoms with van der Waals surface area (Å²) in [5.41, 5.74) is 7.82. The fraction of sp³-hybridized carbons (Fsp3) is 0. The molecule has 0 saturated carbocycles. The lowest BCUT2D eigenvalue weighted by molar-refractivity contribution is 0.669. The predicted octanol–water partition coefficient (Wildman–Crippen LogP) is 10.6. The normalized spacial score (nSPS) is 11.9. The summed E-state index contributed by atoms with van der Waals surface area (Å²) in [7, 11) is 0. The van der Waals surface area contributed by atoms with E-state index >= 15 is 0 Å². The summed E-state index contributed by atoms with van der Waals surface area (Å²) < 4.78 is 11.0. The van der Waals surface area contributed by atoms with Crippen LogP contribution in [0.5, 0.6) is 0 Å². The van der Waals surface area contributed by atoms with E-state index in [1.54, 1.807) is 0 Å². The van der Waals surface area contributed by atoms with Gasteiger partial charge >= 0.3 is 0 Å². The first-order valence-electron chi connectivity index (χ1n) is 13.6. The van der Waals surface area contributed by atoms with Crippen molar-refractivity contribution < 1.29 is 4.42 Å². The van der Waals surface area contributed by atoms with Crippen LogP contribution in [0.25, 0.3) is 80.7 Å². The molecule has 0 amide bonds. The van der Waals surface area contributed by atoms with Crippen LogP contribution in [0.3, 0.4) is 0 Å². The highest BCUT2D eigenvalue weighted by Gasteiger charge is 2.21. The van der Waals surface area contributed by atoms with E-state index in [0.29, 0.717) is 5.56 Å². The van der Waals surface area contributed by atoms with E-state index in [9.17, 15) is 5.26 Å². The van der Waals surface area contributed by atoms with Gasteiger partial charge < -0.3 is 8.98 Å². The Bertz CT molecular complexity index is 2560. The van der Waals surface area contributed by atoms with E-state index in [4.69, 9.17) is 4.42 Å². The second-order valence-corrected chi connectivity index (χ2v) is 11.5. The van der Waals surface area contributed by atoms with E-state index in [1.807, 2.05) is 41.7 Å². The van der Waals surface area contributed by atoms with Gasteiger partial charge in [0.2, 0.25) is 0 Å². The zero-order chi connectivity index (χ0) is 27.1. The number of benzene rings is 6. The number of fused-ring (bicyclic) bond motifs is 10. The largest absolute Gasteiger partial charge is 0.456 e. The third-order valence-corrected chi connectivity index (χ3v) is 9.37. The molecule has 0 bridgehead atoms. The highest BCUT2D eigenvalue weighted by atomic mass is 32.1. The zero-order valence-corrected chi connectivity index (χ0v) is 22.6. The molecule has 0 aliphatic heterocycles. The standard InChI is InChI=1S/C37H20N2OS/c38-21-22-13-15-24(23-14-17-33-29(20-23)26-8-2-5-11-32(26)40-33)31(19-22)39-30-10-4-1-7-25(30)27-16-18-35-36(37(27)39)28-9-3-6-12-34(28)41-35/h1-20H. The highest BCUT2D eigenvalue weighted by molar-refractivity contribution is 7.26. The number of rotatable bonds is 2. The van der Waals surface area contributed by atoms with Gasteiger partial charge in [-0.15, -0.1) is 11.3 Å². The van der Waals surface area contributed by atoms with E-state index in [0.717, 1.165) is 44.3 Å². The van der Waals surface area contributed by atoms with E-state index in [-0.39, 0.29) is 0 Å². The molecule has 41 heavy (non-hydrogen) atoms. The van der Waals surface area contributed by atoms with Crippen LogP contribution in [-0.4, -0.2) is 4.57 Å². The van der Waals surface area contributed by atoms with E-state index in [1.165, 1.54) is 36.5 Å². The van der Waals surface area contributed by atoms with Crippen LogP contribution in [0.15, 0.2) is 126 Å². The van der Waals surface area contributed by atoms with Gasteiger partial charge in [0.15, 0.2) is 0 Å². The Morgan fingerprint density at radius 1 is 0.610 bits per heavy atom. The summed E-state index contributed by atoms with van der Waals surface area (Å²) in [6.07, 6.45) is 0. The average molecular weight is 541 g/mol. The maximum Gasteiger partial charge on any atom is 0.135 e. The molecule has 4 heteroatoms. The number of furan rings is 1. The maximum atomic E-state index is 9.99. The Hall–Kier alpha value is -5.37. The van der Waals surface area contributed by atoms with Crippen LogP contribution in [-0.2, 0) is 0 Å². The van der Waals surface area contributed by atoms with Crippen molar-refractivity contribution in [1.29, 1.82) is 5.26 Å². The monoisotopic (exact) mass is 540 g/mol. The average Bonchev–Trinajstić information content (AvgIpc) is 3.69. The molecule has 0 saturated heterocycles. The first-order valence-corrected chi connectivity index (χ1v) is 14.4. The number of nitriles is 1. The molecular weight excluding hydrogens is 520 g/mol. The molecule has 0 unspecified atom stereocenters. The number of nitrogens with zero attached hydrogens (tertiary/aromatic N) is 2. The molecule has 0 aliphatic rings. The van der Waals surface area contributed by atoms with Crippen molar-refractivity contribution in [3.63, 3.8) is 0 Å². The molecule has 3 heterocycles. The van der Waals surface area contributed by atoms with E-state index in [2.05, 4.69) is 102 Å². The third kappa shape index (κ3) is 3.12. The van der Waals surface area contributed by atoms with Crippen molar-refractivity contribution in [3.8, 4) is 22.9 Å². The molecule has 0 spiro atoms. The number of hydrogen-bond acceptors (Lipinski definition) is 3.